The zero-order chi connectivity index (χ0) is 17.0. The lowest BCUT2D eigenvalue weighted by Crippen LogP contribution is -2.02. The van der Waals surface area contributed by atoms with E-state index in [1.54, 1.807) is 66.7 Å². The summed E-state index contributed by atoms with van der Waals surface area (Å²) in [6.07, 6.45) is 0. The van der Waals surface area contributed by atoms with Gasteiger partial charge in [-0.3, -0.25) is 0 Å². The van der Waals surface area contributed by atoms with Crippen molar-refractivity contribution in [2.45, 2.75) is 16.4 Å². The highest BCUT2D eigenvalue weighted by Crippen LogP contribution is 2.21. The van der Waals surface area contributed by atoms with Crippen LogP contribution in [0.2, 0.25) is 0 Å². The number of sulfone groups is 1. The van der Waals surface area contributed by atoms with Crippen molar-refractivity contribution in [3.05, 3.63) is 90.2 Å². The molecule has 0 unspecified atom stereocenters. The summed E-state index contributed by atoms with van der Waals surface area (Å²) >= 11 is 0. The van der Waals surface area contributed by atoms with Crippen LogP contribution in [0.5, 0.6) is 5.75 Å². The first-order chi connectivity index (χ1) is 11.6. The molecule has 0 aliphatic rings. The normalized spacial score (nSPS) is 11.2. The molecule has 5 heteroatoms. The van der Waals surface area contributed by atoms with Crippen molar-refractivity contribution >= 4 is 9.84 Å². The minimum Gasteiger partial charge on any atom is -0.489 e. The number of rotatable bonds is 5. The maximum atomic E-state index is 13.1. The standard InChI is InChI=1S/C19H15FO3S/c20-16-5-4-6-17(13-16)23-14-15-9-11-19(12-10-15)24(21,22)18-7-2-1-3-8-18/h1-13H,14H2. The van der Waals surface area contributed by atoms with Gasteiger partial charge < -0.3 is 4.74 Å². The molecule has 0 aliphatic carbocycles. The van der Waals surface area contributed by atoms with Gasteiger partial charge in [0.25, 0.3) is 0 Å². The van der Waals surface area contributed by atoms with Crippen molar-refractivity contribution in [1.29, 1.82) is 0 Å². The van der Waals surface area contributed by atoms with Gasteiger partial charge in [0.2, 0.25) is 9.84 Å². The van der Waals surface area contributed by atoms with Crippen LogP contribution in [0.1, 0.15) is 5.56 Å². The Bertz CT molecular complexity index is 920. The van der Waals surface area contributed by atoms with E-state index >= 15 is 0 Å². The molecule has 0 radical (unpaired) electrons. The summed E-state index contributed by atoms with van der Waals surface area (Å²) in [5.74, 6) is 0.0628. The smallest absolute Gasteiger partial charge is 0.206 e. The van der Waals surface area contributed by atoms with Crippen molar-refractivity contribution in [2.24, 2.45) is 0 Å². The summed E-state index contributed by atoms with van der Waals surface area (Å²) in [6.45, 7) is 0.231. The number of hydrogen-bond acceptors (Lipinski definition) is 3. The molecule has 24 heavy (non-hydrogen) atoms. The number of hydrogen-bond donors (Lipinski definition) is 0. The second-order valence-electron chi connectivity index (χ2n) is 5.21. The second-order valence-corrected chi connectivity index (χ2v) is 7.16. The van der Waals surface area contributed by atoms with Crippen molar-refractivity contribution in [1.82, 2.24) is 0 Å². The van der Waals surface area contributed by atoms with E-state index in [0.29, 0.717) is 5.75 Å². The average Bonchev–Trinajstić information content (AvgIpc) is 2.61. The van der Waals surface area contributed by atoms with Crippen molar-refractivity contribution < 1.29 is 17.5 Å². The zero-order valence-electron chi connectivity index (χ0n) is 12.7. The molecule has 0 aromatic heterocycles. The third-order valence-corrected chi connectivity index (χ3v) is 5.27. The Morgan fingerprint density at radius 3 is 2.12 bits per heavy atom. The summed E-state index contributed by atoms with van der Waals surface area (Å²) in [5, 5.41) is 0. The van der Waals surface area contributed by atoms with Gasteiger partial charge in [-0.05, 0) is 42.0 Å². The molecule has 3 aromatic carbocycles. The zero-order valence-corrected chi connectivity index (χ0v) is 13.5. The lowest BCUT2D eigenvalue weighted by Gasteiger charge is -2.08. The van der Waals surface area contributed by atoms with Crippen LogP contribution < -0.4 is 4.74 Å². The predicted molar refractivity (Wildman–Crippen MR) is 89.1 cm³/mol. The molecule has 0 aliphatic heterocycles. The molecule has 0 fully saturated rings. The van der Waals surface area contributed by atoms with E-state index in [1.165, 1.54) is 12.1 Å². The topological polar surface area (TPSA) is 43.4 Å². The van der Waals surface area contributed by atoms with Crippen molar-refractivity contribution in [3.8, 4) is 5.75 Å². The third-order valence-electron chi connectivity index (χ3n) is 3.49. The minimum atomic E-state index is -3.52. The quantitative estimate of drug-likeness (QED) is 0.697. The van der Waals surface area contributed by atoms with Crippen LogP contribution in [-0.4, -0.2) is 8.42 Å². The van der Waals surface area contributed by atoms with E-state index in [1.807, 2.05) is 0 Å². The van der Waals surface area contributed by atoms with E-state index in [-0.39, 0.29) is 22.2 Å². The summed E-state index contributed by atoms with van der Waals surface area (Å²) in [7, 11) is -3.52. The first kappa shape index (κ1) is 16.2. The van der Waals surface area contributed by atoms with Gasteiger partial charge in [0.15, 0.2) is 0 Å². The number of halogens is 1. The largest absolute Gasteiger partial charge is 0.489 e. The van der Waals surface area contributed by atoms with Gasteiger partial charge in [0, 0.05) is 6.07 Å². The highest BCUT2D eigenvalue weighted by molar-refractivity contribution is 7.91. The Labute approximate surface area is 140 Å². The van der Waals surface area contributed by atoms with Crippen LogP contribution >= 0.6 is 0 Å². The minimum absolute atomic E-state index is 0.225. The van der Waals surface area contributed by atoms with Crippen LogP contribution in [0.4, 0.5) is 4.39 Å². The monoisotopic (exact) mass is 342 g/mol. The van der Waals surface area contributed by atoms with Gasteiger partial charge in [-0.1, -0.05) is 36.4 Å². The highest BCUT2D eigenvalue weighted by atomic mass is 32.2. The van der Waals surface area contributed by atoms with Gasteiger partial charge in [0.1, 0.15) is 18.2 Å². The third kappa shape index (κ3) is 3.63. The Morgan fingerprint density at radius 1 is 0.792 bits per heavy atom. The summed E-state index contributed by atoms with van der Waals surface area (Å²) < 4.78 is 43.6. The molecule has 3 nitrogen and oxygen atoms in total. The molecule has 3 aromatic rings. The maximum Gasteiger partial charge on any atom is 0.206 e. The van der Waals surface area contributed by atoms with Crippen LogP contribution in [0.3, 0.4) is 0 Å². The molecular weight excluding hydrogens is 327 g/mol. The Kier molecular flexibility index (Phi) is 4.62. The van der Waals surface area contributed by atoms with E-state index in [9.17, 15) is 12.8 Å². The molecule has 0 N–H and O–H groups in total. The number of ether oxygens (including phenoxy) is 1. The molecule has 0 saturated heterocycles. The molecule has 0 atom stereocenters. The fraction of sp³-hybridized carbons (Fsp3) is 0.0526. The lowest BCUT2D eigenvalue weighted by molar-refractivity contribution is 0.304. The molecule has 0 bridgehead atoms. The van der Waals surface area contributed by atoms with E-state index < -0.39 is 9.84 Å². The fourth-order valence-electron chi connectivity index (χ4n) is 2.22. The van der Waals surface area contributed by atoms with E-state index in [4.69, 9.17) is 4.74 Å². The van der Waals surface area contributed by atoms with Gasteiger partial charge in [0.05, 0.1) is 9.79 Å². The van der Waals surface area contributed by atoms with E-state index in [0.717, 1.165) is 5.56 Å². The maximum absolute atomic E-state index is 13.1. The molecule has 3 rings (SSSR count). The highest BCUT2D eigenvalue weighted by Gasteiger charge is 2.16. The van der Waals surface area contributed by atoms with Crippen LogP contribution in [0.25, 0.3) is 0 Å². The average molecular weight is 342 g/mol. The lowest BCUT2D eigenvalue weighted by atomic mass is 10.2. The molecule has 0 spiro atoms. The molecule has 0 heterocycles. The SMILES string of the molecule is O=S(=O)(c1ccccc1)c1ccc(COc2cccc(F)c2)cc1. The van der Waals surface area contributed by atoms with Crippen molar-refractivity contribution in [3.63, 3.8) is 0 Å². The van der Waals surface area contributed by atoms with Gasteiger partial charge in [-0.25, -0.2) is 12.8 Å². The first-order valence-corrected chi connectivity index (χ1v) is 8.81. The Morgan fingerprint density at radius 2 is 1.46 bits per heavy atom. The molecule has 0 saturated carbocycles. The van der Waals surface area contributed by atoms with Gasteiger partial charge in [-0.15, -0.1) is 0 Å². The van der Waals surface area contributed by atoms with Crippen LogP contribution in [0, 0.1) is 5.82 Å². The summed E-state index contributed by atoms with van der Waals surface area (Å²) in [6, 6.07) is 20.6. The Hall–Kier alpha value is -2.66. The first-order valence-electron chi connectivity index (χ1n) is 7.33. The van der Waals surface area contributed by atoms with Gasteiger partial charge >= 0.3 is 0 Å². The molecular formula is C19H15FO3S. The van der Waals surface area contributed by atoms with Crippen molar-refractivity contribution in [2.75, 3.05) is 0 Å². The number of benzene rings is 3. The molecule has 122 valence electrons. The van der Waals surface area contributed by atoms with Crippen LogP contribution in [0.15, 0.2) is 88.7 Å². The second kappa shape index (κ2) is 6.84. The summed E-state index contributed by atoms with van der Waals surface area (Å²) in [5.41, 5.74) is 0.797. The predicted octanol–water partition coefficient (Wildman–Crippen LogP) is 4.24. The molecule has 0 amide bonds. The van der Waals surface area contributed by atoms with Crippen LogP contribution in [-0.2, 0) is 16.4 Å². The summed E-state index contributed by atoms with van der Waals surface area (Å²) in [4.78, 5) is 0.483. The Balaban J connectivity index is 1.74. The van der Waals surface area contributed by atoms with Gasteiger partial charge in [-0.2, -0.15) is 0 Å². The van der Waals surface area contributed by atoms with E-state index in [2.05, 4.69) is 0 Å². The fourth-order valence-corrected chi connectivity index (χ4v) is 3.51.